The lowest BCUT2D eigenvalue weighted by Gasteiger charge is -2.11. The first-order valence-electron chi connectivity index (χ1n) is 5.34. The molecule has 1 atom stereocenters. The summed E-state index contributed by atoms with van der Waals surface area (Å²) < 4.78 is 25.5. The molecule has 0 heterocycles. The predicted octanol–water partition coefficient (Wildman–Crippen LogP) is 2.95. The van der Waals surface area contributed by atoms with E-state index in [1.54, 1.807) is 0 Å². The minimum atomic E-state index is -0.947. The normalized spacial score (nSPS) is 16.9. The highest BCUT2D eigenvalue weighted by Crippen LogP contribution is 2.37. The lowest BCUT2D eigenvalue weighted by Crippen LogP contribution is -2.21. The molecule has 1 aliphatic carbocycles. The summed E-state index contributed by atoms with van der Waals surface area (Å²) in [5.74, 6) is -1.60. The van der Waals surface area contributed by atoms with Crippen LogP contribution in [0.5, 0.6) is 0 Å². The number of nitrogens with one attached hydrogen (secondary N) is 1. The van der Waals surface area contributed by atoms with Crippen LogP contribution in [-0.2, 0) is 4.79 Å². The monoisotopic (exact) mass is 225 g/mol. The van der Waals surface area contributed by atoms with Crippen molar-refractivity contribution in [3.05, 3.63) is 29.8 Å². The number of benzene rings is 1. The maximum Gasteiger partial charge on any atom is 0.227 e. The van der Waals surface area contributed by atoms with Gasteiger partial charge >= 0.3 is 0 Å². The van der Waals surface area contributed by atoms with E-state index < -0.39 is 11.6 Å². The fourth-order valence-electron chi connectivity index (χ4n) is 1.64. The molecule has 1 aromatic carbocycles. The van der Waals surface area contributed by atoms with Gasteiger partial charge in [-0.2, -0.15) is 0 Å². The summed E-state index contributed by atoms with van der Waals surface area (Å²) in [5.41, 5.74) is 0.302. The number of carbonyl (C=O) groups is 1. The quantitative estimate of drug-likeness (QED) is 0.841. The molecule has 16 heavy (non-hydrogen) atoms. The van der Waals surface area contributed by atoms with Gasteiger partial charge in [-0.05, 0) is 30.9 Å². The van der Waals surface area contributed by atoms with Gasteiger partial charge in [0.1, 0.15) is 0 Å². The number of anilines is 1. The molecule has 1 fully saturated rings. The summed E-state index contributed by atoms with van der Waals surface area (Å²) in [6.45, 7) is 1.85. The molecular formula is C12H13F2NO. The zero-order chi connectivity index (χ0) is 11.7. The molecule has 1 aliphatic rings. The third kappa shape index (κ3) is 2.38. The van der Waals surface area contributed by atoms with Gasteiger partial charge in [0, 0.05) is 17.7 Å². The van der Waals surface area contributed by atoms with Gasteiger partial charge in [-0.25, -0.2) is 8.78 Å². The molecular weight excluding hydrogens is 212 g/mol. The second-order valence-corrected chi connectivity index (χ2v) is 4.24. The van der Waals surface area contributed by atoms with Crippen LogP contribution in [0.2, 0.25) is 0 Å². The van der Waals surface area contributed by atoms with E-state index in [9.17, 15) is 13.6 Å². The maximum absolute atomic E-state index is 12.9. The molecule has 0 saturated heterocycles. The number of amides is 1. The molecule has 2 nitrogen and oxygen atoms in total. The van der Waals surface area contributed by atoms with Crippen LogP contribution in [-0.4, -0.2) is 5.91 Å². The highest BCUT2D eigenvalue weighted by Gasteiger charge is 2.32. The molecule has 0 bridgehead atoms. The van der Waals surface area contributed by atoms with Crippen LogP contribution in [0.1, 0.15) is 19.8 Å². The second-order valence-electron chi connectivity index (χ2n) is 4.24. The van der Waals surface area contributed by atoms with Crippen LogP contribution >= 0.6 is 0 Å². The molecule has 1 aromatic rings. The molecule has 0 radical (unpaired) electrons. The Labute approximate surface area is 92.7 Å². The largest absolute Gasteiger partial charge is 0.326 e. The van der Waals surface area contributed by atoms with Gasteiger partial charge in [-0.3, -0.25) is 4.79 Å². The van der Waals surface area contributed by atoms with E-state index in [0.29, 0.717) is 11.6 Å². The lowest BCUT2D eigenvalue weighted by atomic mass is 10.1. The van der Waals surface area contributed by atoms with Gasteiger partial charge in [-0.1, -0.05) is 6.92 Å². The highest BCUT2D eigenvalue weighted by atomic mass is 19.2. The number of rotatable bonds is 3. The summed E-state index contributed by atoms with van der Waals surface area (Å²) in [5, 5.41) is 2.59. The Balaban J connectivity index is 2.02. The molecule has 0 spiro atoms. The van der Waals surface area contributed by atoms with Crippen molar-refractivity contribution in [2.45, 2.75) is 19.8 Å². The van der Waals surface area contributed by atoms with Crippen molar-refractivity contribution >= 4 is 11.6 Å². The van der Waals surface area contributed by atoms with Crippen LogP contribution in [0.4, 0.5) is 14.5 Å². The summed E-state index contributed by atoms with van der Waals surface area (Å²) >= 11 is 0. The van der Waals surface area contributed by atoms with Gasteiger partial charge in [0.15, 0.2) is 11.6 Å². The number of hydrogen-bond donors (Lipinski definition) is 1. The lowest BCUT2D eigenvalue weighted by molar-refractivity contribution is -0.119. The van der Waals surface area contributed by atoms with Crippen molar-refractivity contribution in [2.75, 3.05) is 5.32 Å². The minimum absolute atomic E-state index is 0.0619. The minimum Gasteiger partial charge on any atom is -0.326 e. The summed E-state index contributed by atoms with van der Waals surface area (Å²) in [4.78, 5) is 11.7. The smallest absolute Gasteiger partial charge is 0.227 e. The maximum atomic E-state index is 12.9. The van der Waals surface area contributed by atoms with E-state index in [1.165, 1.54) is 6.07 Å². The Hall–Kier alpha value is -1.45. The van der Waals surface area contributed by atoms with Crippen molar-refractivity contribution < 1.29 is 13.6 Å². The molecule has 0 aliphatic heterocycles. The van der Waals surface area contributed by atoms with Crippen molar-refractivity contribution in [1.82, 2.24) is 0 Å². The number of hydrogen-bond acceptors (Lipinski definition) is 1. The Morgan fingerprint density at radius 2 is 2.06 bits per heavy atom. The fourth-order valence-corrected chi connectivity index (χ4v) is 1.64. The molecule has 4 heteroatoms. The summed E-state index contributed by atoms with van der Waals surface area (Å²) in [7, 11) is 0. The van der Waals surface area contributed by atoms with Gasteiger partial charge in [0.2, 0.25) is 5.91 Å². The standard InChI is InChI=1S/C12H13F2NO/c1-7(8-2-3-8)12(16)15-9-4-5-10(13)11(14)6-9/h4-8H,2-3H2,1H3,(H,15,16). The molecule has 1 amide bonds. The Kier molecular flexibility index (Phi) is 2.90. The van der Waals surface area contributed by atoms with Crippen LogP contribution < -0.4 is 5.32 Å². The van der Waals surface area contributed by atoms with Crippen LogP contribution in [0, 0.1) is 23.5 Å². The van der Waals surface area contributed by atoms with Gasteiger partial charge in [0.05, 0.1) is 0 Å². The van der Waals surface area contributed by atoms with E-state index in [1.807, 2.05) is 6.92 Å². The first-order chi connectivity index (χ1) is 7.58. The first-order valence-corrected chi connectivity index (χ1v) is 5.34. The topological polar surface area (TPSA) is 29.1 Å². The van der Waals surface area contributed by atoms with E-state index in [-0.39, 0.29) is 11.8 Å². The summed E-state index contributed by atoms with van der Waals surface area (Å²) in [6, 6.07) is 3.36. The SMILES string of the molecule is CC(C(=O)Nc1ccc(F)c(F)c1)C1CC1. The number of halogens is 2. The van der Waals surface area contributed by atoms with Crippen LogP contribution in [0.3, 0.4) is 0 Å². The predicted molar refractivity (Wildman–Crippen MR) is 56.9 cm³/mol. The van der Waals surface area contributed by atoms with Gasteiger partial charge in [0.25, 0.3) is 0 Å². The zero-order valence-electron chi connectivity index (χ0n) is 8.97. The molecule has 0 aromatic heterocycles. The third-order valence-electron chi connectivity index (χ3n) is 2.93. The molecule has 1 saturated carbocycles. The third-order valence-corrected chi connectivity index (χ3v) is 2.93. The molecule has 1 N–H and O–H groups in total. The van der Waals surface area contributed by atoms with Crippen molar-refractivity contribution in [2.24, 2.45) is 11.8 Å². The first kappa shape index (κ1) is 11.0. The Morgan fingerprint density at radius 1 is 1.38 bits per heavy atom. The molecule has 2 rings (SSSR count). The highest BCUT2D eigenvalue weighted by molar-refractivity contribution is 5.92. The summed E-state index contributed by atoms with van der Waals surface area (Å²) in [6.07, 6.45) is 2.15. The number of carbonyl (C=O) groups excluding carboxylic acids is 1. The molecule has 86 valence electrons. The van der Waals surface area contributed by atoms with E-state index >= 15 is 0 Å². The molecule has 1 unspecified atom stereocenters. The van der Waals surface area contributed by atoms with Crippen LogP contribution in [0.15, 0.2) is 18.2 Å². The van der Waals surface area contributed by atoms with E-state index in [4.69, 9.17) is 0 Å². The van der Waals surface area contributed by atoms with E-state index in [2.05, 4.69) is 5.32 Å². The van der Waals surface area contributed by atoms with Gasteiger partial charge < -0.3 is 5.32 Å². The van der Waals surface area contributed by atoms with Crippen molar-refractivity contribution in [3.63, 3.8) is 0 Å². The second kappa shape index (κ2) is 4.20. The van der Waals surface area contributed by atoms with Crippen molar-refractivity contribution in [3.8, 4) is 0 Å². The van der Waals surface area contributed by atoms with Crippen LogP contribution in [0.25, 0.3) is 0 Å². The average Bonchev–Trinajstić information content (AvgIpc) is 3.06. The Morgan fingerprint density at radius 3 is 2.62 bits per heavy atom. The van der Waals surface area contributed by atoms with Gasteiger partial charge in [-0.15, -0.1) is 0 Å². The zero-order valence-corrected chi connectivity index (χ0v) is 8.97. The van der Waals surface area contributed by atoms with Crippen molar-refractivity contribution in [1.29, 1.82) is 0 Å². The Bertz CT molecular complexity index is 415. The average molecular weight is 225 g/mol. The van der Waals surface area contributed by atoms with E-state index in [0.717, 1.165) is 25.0 Å². The fraction of sp³-hybridized carbons (Fsp3) is 0.417.